The number of nitrogens with one attached hydrogen (secondary N) is 1. The molecular formula is C24H34N4O3S2. The first-order valence-electron chi connectivity index (χ1n) is 11.5. The van der Waals surface area contributed by atoms with Crippen LogP contribution in [0, 0.1) is 0 Å². The zero-order valence-corrected chi connectivity index (χ0v) is 21.3. The Balaban J connectivity index is 1.85. The molecule has 1 aliphatic heterocycles. The van der Waals surface area contributed by atoms with Crippen LogP contribution < -0.4 is 10.2 Å². The molecule has 0 aromatic heterocycles. The summed E-state index contributed by atoms with van der Waals surface area (Å²) < 4.78 is 27.6. The SMILES string of the molecule is CCN1CCN(c2ccc(S(=O)(=O)N(CC)CC)cc2NC(=O)CSc2ccccc2)CC1. The highest BCUT2D eigenvalue weighted by atomic mass is 32.2. The van der Waals surface area contributed by atoms with Crippen molar-refractivity contribution < 1.29 is 13.2 Å². The summed E-state index contributed by atoms with van der Waals surface area (Å²) in [5.74, 6) is 0.0924. The third-order valence-electron chi connectivity index (χ3n) is 5.86. The molecule has 1 N–H and O–H groups in total. The van der Waals surface area contributed by atoms with Crippen molar-refractivity contribution in [2.45, 2.75) is 30.6 Å². The number of likely N-dealkylation sites (N-methyl/N-ethyl adjacent to an activating group) is 1. The van der Waals surface area contributed by atoms with Gasteiger partial charge in [0.1, 0.15) is 0 Å². The molecule has 0 bridgehead atoms. The Hall–Kier alpha value is -2.07. The second-order valence-corrected chi connectivity index (χ2v) is 10.8. The van der Waals surface area contributed by atoms with E-state index in [-0.39, 0.29) is 16.6 Å². The van der Waals surface area contributed by atoms with Gasteiger partial charge in [-0.1, -0.05) is 39.0 Å². The number of rotatable bonds is 10. The van der Waals surface area contributed by atoms with Crippen LogP contribution in [-0.4, -0.2) is 75.1 Å². The maximum atomic E-state index is 13.1. The van der Waals surface area contributed by atoms with E-state index in [9.17, 15) is 13.2 Å². The second kappa shape index (κ2) is 11.9. The largest absolute Gasteiger partial charge is 0.367 e. The van der Waals surface area contributed by atoms with E-state index in [4.69, 9.17) is 0 Å². The fourth-order valence-corrected chi connectivity index (χ4v) is 6.13. The predicted molar refractivity (Wildman–Crippen MR) is 137 cm³/mol. The number of sulfonamides is 1. The minimum absolute atomic E-state index is 0.158. The second-order valence-electron chi connectivity index (χ2n) is 7.84. The van der Waals surface area contributed by atoms with E-state index in [1.807, 2.05) is 50.2 Å². The maximum Gasteiger partial charge on any atom is 0.243 e. The molecule has 0 aliphatic carbocycles. The Kier molecular flexibility index (Phi) is 9.19. The molecule has 0 unspecified atom stereocenters. The molecule has 9 heteroatoms. The summed E-state index contributed by atoms with van der Waals surface area (Å²) in [5, 5.41) is 2.99. The Labute approximate surface area is 202 Å². The number of thioether (sulfide) groups is 1. The summed E-state index contributed by atoms with van der Waals surface area (Å²) in [6.07, 6.45) is 0. The number of benzene rings is 2. The van der Waals surface area contributed by atoms with Gasteiger partial charge in [0.2, 0.25) is 15.9 Å². The van der Waals surface area contributed by atoms with Crippen LogP contribution in [0.15, 0.2) is 58.3 Å². The van der Waals surface area contributed by atoms with Crippen LogP contribution in [0.5, 0.6) is 0 Å². The van der Waals surface area contributed by atoms with Gasteiger partial charge < -0.3 is 15.1 Å². The van der Waals surface area contributed by atoms with Crippen molar-refractivity contribution in [1.29, 1.82) is 0 Å². The standard InChI is InChI=1S/C24H34N4O3S2/c1-4-26-14-16-27(17-15-26)23-13-12-21(33(30,31)28(5-2)6-3)18-22(23)25-24(29)19-32-20-10-8-7-9-11-20/h7-13,18H,4-6,14-17,19H2,1-3H3,(H,25,29). The van der Waals surface area contributed by atoms with Gasteiger partial charge in [0.25, 0.3) is 0 Å². The molecule has 1 aliphatic rings. The normalized spacial score (nSPS) is 15.1. The van der Waals surface area contributed by atoms with E-state index >= 15 is 0 Å². The summed E-state index contributed by atoms with van der Waals surface area (Å²) >= 11 is 1.46. The molecule has 1 amide bonds. The Morgan fingerprint density at radius 2 is 1.67 bits per heavy atom. The van der Waals surface area contributed by atoms with E-state index in [2.05, 4.69) is 22.0 Å². The molecule has 2 aromatic carbocycles. The third-order valence-corrected chi connectivity index (χ3v) is 8.92. The van der Waals surface area contributed by atoms with Crippen molar-refractivity contribution in [3.05, 3.63) is 48.5 Å². The number of carbonyl (C=O) groups is 1. The Morgan fingerprint density at radius 1 is 1.00 bits per heavy atom. The maximum absolute atomic E-state index is 13.1. The van der Waals surface area contributed by atoms with E-state index in [0.29, 0.717) is 18.8 Å². The van der Waals surface area contributed by atoms with Gasteiger partial charge in [0.05, 0.1) is 22.0 Å². The van der Waals surface area contributed by atoms with Gasteiger partial charge in [0.15, 0.2) is 0 Å². The Morgan fingerprint density at radius 3 is 2.27 bits per heavy atom. The number of anilines is 2. The van der Waals surface area contributed by atoms with Crippen LogP contribution >= 0.6 is 11.8 Å². The minimum Gasteiger partial charge on any atom is -0.367 e. The van der Waals surface area contributed by atoms with Gasteiger partial charge in [-0.3, -0.25) is 4.79 Å². The molecule has 1 saturated heterocycles. The van der Waals surface area contributed by atoms with Gasteiger partial charge >= 0.3 is 0 Å². The molecule has 1 fully saturated rings. The lowest BCUT2D eigenvalue weighted by Crippen LogP contribution is -2.46. The lowest BCUT2D eigenvalue weighted by molar-refractivity contribution is -0.113. The van der Waals surface area contributed by atoms with Gasteiger partial charge in [0, 0.05) is 44.2 Å². The third kappa shape index (κ3) is 6.50. The van der Waals surface area contributed by atoms with E-state index < -0.39 is 10.0 Å². The van der Waals surface area contributed by atoms with Crippen molar-refractivity contribution in [2.24, 2.45) is 0 Å². The molecule has 1 heterocycles. The van der Waals surface area contributed by atoms with Gasteiger partial charge in [-0.2, -0.15) is 4.31 Å². The summed E-state index contributed by atoms with van der Waals surface area (Å²) in [6.45, 7) is 11.1. The van der Waals surface area contributed by atoms with Crippen LogP contribution in [-0.2, 0) is 14.8 Å². The zero-order chi connectivity index (χ0) is 23.8. The van der Waals surface area contributed by atoms with Crippen LogP contribution in [0.25, 0.3) is 0 Å². The van der Waals surface area contributed by atoms with E-state index in [1.165, 1.54) is 16.1 Å². The number of hydrogen-bond acceptors (Lipinski definition) is 6. The average molecular weight is 491 g/mol. The van der Waals surface area contributed by atoms with Crippen LogP contribution in [0.1, 0.15) is 20.8 Å². The predicted octanol–water partition coefficient (Wildman–Crippen LogP) is 3.59. The molecule has 0 atom stereocenters. The summed E-state index contributed by atoms with van der Waals surface area (Å²) in [4.78, 5) is 18.6. The first-order valence-corrected chi connectivity index (χ1v) is 13.9. The van der Waals surface area contributed by atoms with Gasteiger partial charge in [-0.05, 0) is 36.9 Å². The highest BCUT2D eigenvalue weighted by molar-refractivity contribution is 8.00. The molecule has 0 saturated carbocycles. The number of hydrogen-bond donors (Lipinski definition) is 1. The molecule has 180 valence electrons. The average Bonchev–Trinajstić information content (AvgIpc) is 2.84. The molecular weight excluding hydrogens is 456 g/mol. The fourth-order valence-electron chi connectivity index (χ4n) is 3.92. The first-order chi connectivity index (χ1) is 15.9. The van der Waals surface area contributed by atoms with Gasteiger partial charge in [-0.25, -0.2) is 8.42 Å². The number of carbonyl (C=O) groups excluding carboxylic acids is 1. The fraction of sp³-hybridized carbons (Fsp3) is 0.458. The highest BCUT2D eigenvalue weighted by Gasteiger charge is 2.25. The molecule has 2 aromatic rings. The Bertz CT molecular complexity index is 1020. The highest BCUT2D eigenvalue weighted by Crippen LogP contribution is 2.31. The minimum atomic E-state index is -3.62. The van der Waals surface area contributed by atoms with Crippen molar-refractivity contribution in [2.75, 3.05) is 61.8 Å². The van der Waals surface area contributed by atoms with Crippen LogP contribution in [0.4, 0.5) is 11.4 Å². The lowest BCUT2D eigenvalue weighted by atomic mass is 10.2. The van der Waals surface area contributed by atoms with Crippen molar-refractivity contribution >= 4 is 39.1 Å². The number of nitrogens with zero attached hydrogens (tertiary/aromatic N) is 3. The molecule has 0 spiro atoms. The van der Waals surface area contributed by atoms with Crippen molar-refractivity contribution in [3.63, 3.8) is 0 Å². The molecule has 33 heavy (non-hydrogen) atoms. The van der Waals surface area contributed by atoms with Crippen LogP contribution in [0.3, 0.4) is 0 Å². The number of amides is 1. The summed E-state index contributed by atoms with van der Waals surface area (Å²) in [7, 11) is -3.62. The molecule has 0 radical (unpaired) electrons. The van der Waals surface area contributed by atoms with Crippen molar-refractivity contribution in [3.8, 4) is 0 Å². The lowest BCUT2D eigenvalue weighted by Gasteiger charge is -2.36. The summed E-state index contributed by atoms with van der Waals surface area (Å²) in [5.41, 5.74) is 1.41. The number of piperazine rings is 1. The quantitative estimate of drug-likeness (QED) is 0.513. The van der Waals surface area contributed by atoms with Gasteiger partial charge in [-0.15, -0.1) is 11.8 Å². The monoisotopic (exact) mass is 490 g/mol. The van der Waals surface area contributed by atoms with E-state index in [1.54, 1.807) is 12.1 Å². The topological polar surface area (TPSA) is 73.0 Å². The van der Waals surface area contributed by atoms with E-state index in [0.717, 1.165) is 43.3 Å². The summed E-state index contributed by atoms with van der Waals surface area (Å²) in [6, 6.07) is 14.9. The smallest absolute Gasteiger partial charge is 0.243 e. The first kappa shape index (κ1) is 25.6. The zero-order valence-electron chi connectivity index (χ0n) is 19.7. The van der Waals surface area contributed by atoms with Crippen molar-refractivity contribution in [1.82, 2.24) is 9.21 Å². The van der Waals surface area contributed by atoms with Crippen LogP contribution in [0.2, 0.25) is 0 Å². The molecule has 3 rings (SSSR count). The molecule has 7 nitrogen and oxygen atoms in total.